The summed E-state index contributed by atoms with van der Waals surface area (Å²) in [4.78, 5) is 4.70. The van der Waals surface area contributed by atoms with Gasteiger partial charge in [0.15, 0.2) is 0 Å². The average Bonchev–Trinajstić information content (AvgIpc) is 2.43. The Morgan fingerprint density at radius 3 is 2.58 bits per heavy atom. The largest absolute Gasteiger partial charge is 0.359 e. The van der Waals surface area contributed by atoms with Gasteiger partial charge in [-0.15, -0.1) is 0 Å². The summed E-state index contributed by atoms with van der Waals surface area (Å²) >= 11 is 0. The Hall–Kier alpha value is -0.660. The standard InChI is InChI=1S/C10H20N2/c1-4-6-7-10-11(3)8-9-12(10)5-2/h8-10H,4-7H2,1-3H3. The monoisotopic (exact) mass is 168 g/mol. The molecule has 0 radical (unpaired) electrons. The van der Waals surface area contributed by atoms with E-state index in [0.717, 1.165) is 6.54 Å². The van der Waals surface area contributed by atoms with Gasteiger partial charge in [0.05, 0.1) is 0 Å². The maximum atomic E-state index is 2.40. The van der Waals surface area contributed by atoms with Crippen molar-refractivity contribution in [1.82, 2.24) is 9.80 Å². The van der Waals surface area contributed by atoms with Gasteiger partial charge in [-0.25, -0.2) is 0 Å². The zero-order valence-electron chi connectivity index (χ0n) is 8.45. The highest BCUT2D eigenvalue weighted by Crippen LogP contribution is 2.18. The predicted molar refractivity (Wildman–Crippen MR) is 52.6 cm³/mol. The van der Waals surface area contributed by atoms with Crippen LogP contribution in [0.4, 0.5) is 0 Å². The highest BCUT2D eigenvalue weighted by molar-refractivity contribution is 4.94. The molecule has 0 bridgehead atoms. The highest BCUT2D eigenvalue weighted by Gasteiger charge is 2.20. The lowest BCUT2D eigenvalue weighted by molar-refractivity contribution is 0.168. The fourth-order valence-corrected chi connectivity index (χ4v) is 1.70. The van der Waals surface area contributed by atoms with Crippen LogP contribution in [-0.2, 0) is 0 Å². The number of hydrogen-bond acceptors (Lipinski definition) is 2. The zero-order valence-corrected chi connectivity index (χ0v) is 8.45. The molecule has 0 aromatic heterocycles. The first-order chi connectivity index (χ1) is 5.79. The molecule has 0 fully saturated rings. The van der Waals surface area contributed by atoms with Gasteiger partial charge in [0.25, 0.3) is 0 Å². The zero-order chi connectivity index (χ0) is 8.97. The predicted octanol–water partition coefficient (Wildman–Crippen LogP) is 2.24. The molecule has 0 spiro atoms. The van der Waals surface area contributed by atoms with Crippen LogP contribution in [-0.4, -0.2) is 29.6 Å². The molecular formula is C10H20N2. The maximum Gasteiger partial charge on any atom is 0.100 e. The molecule has 0 amide bonds. The quantitative estimate of drug-likeness (QED) is 0.635. The van der Waals surface area contributed by atoms with Gasteiger partial charge in [-0.1, -0.05) is 13.3 Å². The number of rotatable bonds is 4. The molecule has 0 saturated carbocycles. The summed E-state index contributed by atoms with van der Waals surface area (Å²) in [6.45, 7) is 5.58. The average molecular weight is 168 g/mol. The fourth-order valence-electron chi connectivity index (χ4n) is 1.70. The SMILES string of the molecule is CCCCC1N(C)C=CN1CC. The summed E-state index contributed by atoms with van der Waals surface area (Å²) in [6.07, 6.45) is 8.89. The molecule has 0 saturated heterocycles. The minimum atomic E-state index is 0.620. The van der Waals surface area contributed by atoms with Crippen molar-refractivity contribution >= 4 is 0 Å². The van der Waals surface area contributed by atoms with Crippen molar-refractivity contribution in [2.75, 3.05) is 13.6 Å². The molecule has 1 aliphatic heterocycles. The Bertz CT molecular complexity index is 154. The number of hydrogen-bond donors (Lipinski definition) is 0. The third kappa shape index (κ3) is 1.93. The Balaban J connectivity index is 2.39. The van der Waals surface area contributed by atoms with Crippen molar-refractivity contribution in [3.8, 4) is 0 Å². The second-order valence-electron chi connectivity index (χ2n) is 3.42. The summed E-state index contributed by atoms with van der Waals surface area (Å²) in [5, 5.41) is 0. The molecule has 0 aliphatic carbocycles. The molecule has 0 N–H and O–H groups in total. The lowest BCUT2D eigenvalue weighted by atomic mass is 10.2. The highest BCUT2D eigenvalue weighted by atomic mass is 15.4. The molecule has 1 rings (SSSR count). The number of unbranched alkanes of at least 4 members (excludes halogenated alkanes) is 1. The van der Waals surface area contributed by atoms with E-state index in [1.165, 1.54) is 19.3 Å². The minimum absolute atomic E-state index is 0.620. The summed E-state index contributed by atoms with van der Waals surface area (Å²) in [5.41, 5.74) is 0. The molecule has 0 aromatic rings. The Labute approximate surface area is 75.8 Å². The van der Waals surface area contributed by atoms with Crippen LogP contribution >= 0.6 is 0 Å². The topological polar surface area (TPSA) is 6.48 Å². The van der Waals surface area contributed by atoms with E-state index < -0.39 is 0 Å². The van der Waals surface area contributed by atoms with Gasteiger partial charge >= 0.3 is 0 Å². The molecule has 12 heavy (non-hydrogen) atoms. The molecule has 1 unspecified atom stereocenters. The lowest BCUT2D eigenvalue weighted by Crippen LogP contribution is -2.36. The maximum absolute atomic E-state index is 2.40. The van der Waals surface area contributed by atoms with E-state index in [9.17, 15) is 0 Å². The summed E-state index contributed by atoms with van der Waals surface area (Å²) in [7, 11) is 2.16. The normalized spacial score (nSPS) is 22.4. The number of nitrogens with zero attached hydrogens (tertiary/aromatic N) is 2. The second kappa shape index (κ2) is 4.39. The van der Waals surface area contributed by atoms with Gasteiger partial charge in [0.1, 0.15) is 6.17 Å². The first-order valence-corrected chi connectivity index (χ1v) is 4.95. The Morgan fingerprint density at radius 1 is 1.25 bits per heavy atom. The van der Waals surface area contributed by atoms with Gasteiger partial charge in [-0.3, -0.25) is 0 Å². The van der Waals surface area contributed by atoms with Crippen molar-refractivity contribution in [3.63, 3.8) is 0 Å². The first-order valence-electron chi connectivity index (χ1n) is 4.95. The van der Waals surface area contributed by atoms with Crippen LogP contribution in [0.5, 0.6) is 0 Å². The summed E-state index contributed by atoms with van der Waals surface area (Å²) in [5.74, 6) is 0. The molecule has 2 heteroatoms. The fraction of sp³-hybridized carbons (Fsp3) is 0.800. The van der Waals surface area contributed by atoms with Crippen LogP contribution in [0.15, 0.2) is 12.4 Å². The molecule has 1 atom stereocenters. The molecule has 0 aromatic carbocycles. The van der Waals surface area contributed by atoms with E-state index in [2.05, 4.69) is 43.1 Å². The van der Waals surface area contributed by atoms with Crippen molar-refractivity contribution in [2.24, 2.45) is 0 Å². The van der Waals surface area contributed by atoms with Crippen molar-refractivity contribution in [3.05, 3.63) is 12.4 Å². The summed E-state index contributed by atoms with van der Waals surface area (Å²) in [6, 6.07) is 0. The van der Waals surface area contributed by atoms with Crippen molar-refractivity contribution < 1.29 is 0 Å². The smallest absolute Gasteiger partial charge is 0.100 e. The Morgan fingerprint density at radius 2 is 2.00 bits per heavy atom. The Kier molecular flexibility index (Phi) is 3.45. The van der Waals surface area contributed by atoms with Gasteiger partial charge < -0.3 is 9.80 Å². The van der Waals surface area contributed by atoms with E-state index in [-0.39, 0.29) is 0 Å². The van der Waals surface area contributed by atoms with Crippen molar-refractivity contribution in [2.45, 2.75) is 39.3 Å². The molecular weight excluding hydrogens is 148 g/mol. The van der Waals surface area contributed by atoms with E-state index >= 15 is 0 Å². The molecule has 2 nitrogen and oxygen atoms in total. The van der Waals surface area contributed by atoms with Gasteiger partial charge in [-0.05, 0) is 19.8 Å². The van der Waals surface area contributed by atoms with Gasteiger partial charge in [0.2, 0.25) is 0 Å². The first kappa shape index (κ1) is 9.43. The van der Waals surface area contributed by atoms with Crippen LogP contribution in [0.25, 0.3) is 0 Å². The molecule has 1 aliphatic rings. The van der Waals surface area contributed by atoms with Crippen LogP contribution in [0.1, 0.15) is 33.1 Å². The van der Waals surface area contributed by atoms with Crippen LogP contribution in [0.3, 0.4) is 0 Å². The van der Waals surface area contributed by atoms with Gasteiger partial charge in [-0.2, -0.15) is 0 Å². The molecule has 70 valence electrons. The van der Waals surface area contributed by atoms with Gasteiger partial charge in [0, 0.05) is 26.0 Å². The third-order valence-electron chi connectivity index (χ3n) is 2.53. The molecule has 1 heterocycles. The second-order valence-corrected chi connectivity index (χ2v) is 3.42. The lowest BCUT2D eigenvalue weighted by Gasteiger charge is -2.29. The minimum Gasteiger partial charge on any atom is -0.359 e. The summed E-state index contributed by atoms with van der Waals surface area (Å²) < 4.78 is 0. The van der Waals surface area contributed by atoms with E-state index in [1.54, 1.807) is 0 Å². The van der Waals surface area contributed by atoms with Crippen LogP contribution in [0.2, 0.25) is 0 Å². The van der Waals surface area contributed by atoms with E-state index in [1.807, 2.05) is 0 Å². The van der Waals surface area contributed by atoms with E-state index in [0.29, 0.717) is 6.17 Å². The van der Waals surface area contributed by atoms with E-state index in [4.69, 9.17) is 0 Å². The van der Waals surface area contributed by atoms with Crippen LogP contribution in [0, 0.1) is 0 Å². The van der Waals surface area contributed by atoms with Crippen LogP contribution < -0.4 is 0 Å². The van der Waals surface area contributed by atoms with Crippen molar-refractivity contribution in [1.29, 1.82) is 0 Å². The third-order valence-corrected chi connectivity index (χ3v) is 2.53.